The lowest BCUT2D eigenvalue weighted by Crippen LogP contribution is -2.43. The number of urea groups is 1. The first-order chi connectivity index (χ1) is 11.1. The number of hydrogen-bond acceptors (Lipinski definition) is 6. The maximum atomic E-state index is 12.4. The van der Waals surface area contributed by atoms with Crippen LogP contribution in [0.25, 0.3) is 0 Å². The van der Waals surface area contributed by atoms with E-state index in [1.165, 1.54) is 6.33 Å². The minimum Gasteiger partial charge on any atom is -0.347 e. The van der Waals surface area contributed by atoms with Gasteiger partial charge in [0.15, 0.2) is 0 Å². The number of rotatable bonds is 3. The third-order valence-electron chi connectivity index (χ3n) is 3.78. The molecular weight excluding hydrogens is 296 g/mol. The van der Waals surface area contributed by atoms with E-state index in [0.717, 1.165) is 19.4 Å². The second-order valence-corrected chi connectivity index (χ2v) is 5.71. The van der Waals surface area contributed by atoms with Crippen LogP contribution in [0, 0.1) is 0 Å². The number of amides is 2. The van der Waals surface area contributed by atoms with Crippen LogP contribution in [0.5, 0.6) is 0 Å². The highest BCUT2D eigenvalue weighted by Gasteiger charge is 2.25. The van der Waals surface area contributed by atoms with E-state index < -0.39 is 0 Å². The summed E-state index contributed by atoms with van der Waals surface area (Å²) in [6, 6.07) is 0.0281. The summed E-state index contributed by atoms with van der Waals surface area (Å²) in [6.45, 7) is 1.35. The van der Waals surface area contributed by atoms with Crippen LogP contribution in [-0.2, 0) is 0 Å². The highest BCUT2D eigenvalue weighted by Crippen LogP contribution is 2.21. The lowest BCUT2D eigenvalue weighted by atomic mass is 10.1. The lowest BCUT2D eigenvalue weighted by Gasteiger charge is -2.32. The molecule has 3 heterocycles. The Balaban J connectivity index is 1.61. The fourth-order valence-electron chi connectivity index (χ4n) is 2.58. The van der Waals surface area contributed by atoms with Crippen LogP contribution in [-0.4, -0.2) is 62.8 Å². The Bertz CT molecular complexity index is 639. The fourth-order valence-corrected chi connectivity index (χ4v) is 2.58. The van der Waals surface area contributed by atoms with Crippen molar-refractivity contribution in [1.29, 1.82) is 0 Å². The largest absolute Gasteiger partial charge is 0.347 e. The molecular formula is C14H20N8O. The summed E-state index contributed by atoms with van der Waals surface area (Å²) >= 11 is 0. The Morgan fingerprint density at radius 3 is 2.78 bits per heavy atom. The van der Waals surface area contributed by atoms with Gasteiger partial charge < -0.3 is 15.1 Å². The van der Waals surface area contributed by atoms with Gasteiger partial charge in [0.25, 0.3) is 0 Å². The zero-order valence-electron chi connectivity index (χ0n) is 13.3. The molecule has 2 amide bonds. The maximum Gasteiger partial charge on any atom is 0.322 e. The molecule has 1 fully saturated rings. The van der Waals surface area contributed by atoms with E-state index >= 15 is 0 Å². The number of nitrogens with zero attached hydrogens (tertiary/aromatic N) is 7. The summed E-state index contributed by atoms with van der Waals surface area (Å²) < 4.78 is 1.81. The summed E-state index contributed by atoms with van der Waals surface area (Å²) in [7, 11) is 3.73. The van der Waals surface area contributed by atoms with Crippen LogP contribution in [0.3, 0.4) is 0 Å². The summed E-state index contributed by atoms with van der Waals surface area (Å²) in [5, 5.41) is 7.01. The van der Waals surface area contributed by atoms with E-state index in [2.05, 4.69) is 25.4 Å². The van der Waals surface area contributed by atoms with Crippen molar-refractivity contribution in [3.63, 3.8) is 0 Å². The molecule has 0 unspecified atom stereocenters. The van der Waals surface area contributed by atoms with E-state index in [0.29, 0.717) is 18.2 Å². The topological polar surface area (TPSA) is 92.1 Å². The van der Waals surface area contributed by atoms with E-state index in [1.54, 1.807) is 28.5 Å². The molecule has 0 saturated carbocycles. The molecule has 2 aromatic heterocycles. The summed E-state index contributed by atoms with van der Waals surface area (Å²) in [4.78, 5) is 28.3. The van der Waals surface area contributed by atoms with Gasteiger partial charge in [0.05, 0.1) is 24.1 Å². The number of piperidine rings is 1. The van der Waals surface area contributed by atoms with Crippen molar-refractivity contribution in [2.45, 2.75) is 18.9 Å². The number of likely N-dealkylation sites (tertiary alicyclic amines) is 1. The number of nitrogens with one attached hydrogen (secondary N) is 1. The van der Waals surface area contributed by atoms with Crippen LogP contribution in [0.1, 0.15) is 18.9 Å². The van der Waals surface area contributed by atoms with E-state index in [4.69, 9.17) is 0 Å². The molecule has 3 rings (SSSR count). The Morgan fingerprint density at radius 2 is 2.13 bits per heavy atom. The summed E-state index contributed by atoms with van der Waals surface area (Å²) in [5.74, 6) is 0.604. The highest BCUT2D eigenvalue weighted by molar-refractivity contribution is 5.89. The molecule has 23 heavy (non-hydrogen) atoms. The molecule has 9 nitrogen and oxygen atoms in total. The van der Waals surface area contributed by atoms with E-state index in [1.807, 2.05) is 18.8 Å². The van der Waals surface area contributed by atoms with Gasteiger partial charge in [-0.15, -0.1) is 0 Å². The van der Waals surface area contributed by atoms with Crippen molar-refractivity contribution in [1.82, 2.24) is 29.6 Å². The monoisotopic (exact) mass is 316 g/mol. The molecule has 0 aromatic carbocycles. The Kier molecular flexibility index (Phi) is 4.35. The van der Waals surface area contributed by atoms with Gasteiger partial charge >= 0.3 is 6.03 Å². The van der Waals surface area contributed by atoms with Crippen molar-refractivity contribution in [2.75, 3.05) is 37.4 Å². The Labute approximate surface area is 134 Å². The first kappa shape index (κ1) is 15.2. The lowest BCUT2D eigenvalue weighted by molar-refractivity contribution is 0.174. The SMILES string of the molecule is CN(C)c1ncc(NC(=O)N2CCC[C@@H](n3cncn3)C2)cn1. The number of aromatic nitrogens is 5. The third-order valence-corrected chi connectivity index (χ3v) is 3.78. The fraction of sp³-hybridized carbons (Fsp3) is 0.500. The molecule has 0 aliphatic carbocycles. The van der Waals surface area contributed by atoms with Crippen molar-refractivity contribution in [2.24, 2.45) is 0 Å². The van der Waals surface area contributed by atoms with Crippen LogP contribution >= 0.6 is 0 Å². The minimum absolute atomic E-state index is 0.143. The van der Waals surface area contributed by atoms with Gasteiger partial charge in [-0.1, -0.05) is 0 Å². The predicted octanol–water partition coefficient (Wildman–Crippen LogP) is 1.00. The maximum absolute atomic E-state index is 12.4. The summed E-state index contributed by atoms with van der Waals surface area (Å²) in [6.07, 6.45) is 8.36. The number of anilines is 2. The number of hydrogen-bond donors (Lipinski definition) is 1. The molecule has 0 spiro atoms. The van der Waals surface area contributed by atoms with Gasteiger partial charge in [-0.25, -0.2) is 24.4 Å². The van der Waals surface area contributed by atoms with Gasteiger partial charge in [-0.2, -0.15) is 5.10 Å². The standard InChI is InChI=1S/C14H20N8O/c1-20(2)13-16-6-11(7-17-13)19-14(23)21-5-3-4-12(8-21)22-10-15-9-18-22/h6-7,9-10,12H,3-5,8H2,1-2H3,(H,19,23)/t12-/m1/s1. The first-order valence-electron chi connectivity index (χ1n) is 7.53. The smallest absolute Gasteiger partial charge is 0.322 e. The van der Waals surface area contributed by atoms with Gasteiger partial charge in [0.2, 0.25) is 5.95 Å². The molecule has 2 aromatic rings. The molecule has 1 aliphatic rings. The van der Waals surface area contributed by atoms with E-state index in [-0.39, 0.29) is 12.1 Å². The summed E-state index contributed by atoms with van der Waals surface area (Å²) in [5.41, 5.74) is 0.587. The van der Waals surface area contributed by atoms with Crippen LogP contribution < -0.4 is 10.2 Å². The molecule has 1 aliphatic heterocycles. The predicted molar refractivity (Wildman–Crippen MR) is 85.2 cm³/mol. The van der Waals surface area contributed by atoms with Crippen molar-refractivity contribution in [3.8, 4) is 0 Å². The van der Waals surface area contributed by atoms with Gasteiger partial charge in [-0.05, 0) is 12.8 Å². The molecule has 0 radical (unpaired) electrons. The highest BCUT2D eigenvalue weighted by atomic mass is 16.2. The quantitative estimate of drug-likeness (QED) is 0.908. The van der Waals surface area contributed by atoms with Gasteiger partial charge in [-0.3, -0.25) is 0 Å². The van der Waals surface area contributed by atoms with Gasteiger partial charge in [0, 0.05) is 27.2 Å². The molecule has 9 heteroatoms. The van der Waals surface area contributed by atoms with Crippen molar-refractivity contribution in [3.05, 3.63) is 25.0 Å². The molecule has 0 bridgehead atoms. The average Bonchev–Trinajstić information content (AvgIpc) is 3.10. The molecule has 1 saturated heterocycles. The number of carbonyl (C=O) groups excluding carboxylic acids is 1. The van der Waals surface area contributed by atoms with Crippen LogP contribution in [0.4, 0.5) is 16.4 Å². The average molecular weight is 316 g/mol. The van der Waals surface area contributed by atoms with Crippen LogP contribution in [0.15, 0.2) is 25.0 Å². The van der Waals surface area contributed by atoms with Crippen molar-refractivity contribution >= 4 is 17.7 Å². The molecule has 1 atom stereocenters. The van der Waals surface area contributed by atoms with Gasteiger partial charge in [0.1, 0.15) is 12.7 Å². The molecule has 122 valence electrons. The second kappa shape index (κ2) is 6.59. The minimum atomic E-state index is -0.143. The Hall–Kier alpha value is -2.71. The zero-order valence-corrected chi connectivity index (χ0v) is 13.3. The van der Waals surface area contributed by atoms with Crippen LogP contribution in [0.2, 0.25) is 0 Å². The normalized spacial score (nSPS) is 17.8. The van der Waals surface area contributed by atoms with E-state index in [9.17, 15) is 4.79 Å². The second-order valence-electron chi connectivity index (χ2n) is 5.71. The van der Waals surface area contributed by atoms with Crippen molar-refractivity contribution < 1.29 is 4.79 Å². The number of carbonyl (C=O) groups is 1. The zero-order chi connectivity index (χ0) is 16.2. The molecule has 1 N–H and O–H groups in total. The third kappa shape index (κ3) is 3.55. The Morgan fingerprint density at radius 1 is 1.35 bits per heavy atom. The first-order valence-corrected chi connectivity index (χ1v) is 7.53.